The Morgan fingerprint density at radius 3 is 2.79 bits per heavy atom. The maximum Gasteiger partial charge on any atom is 0.144 e. The van der Waals surface area contributed by atoms with Gasteiger partial charge in [-0.25, -0.2) is 4.68 Å². The van der Waals surface area contributed by atoms with Gasteiger partial charge in [-0.15, -0.1) is 5.10 Å². The molecule has 0 unspecified atom stereocenters. The predicted octanol–water partition coefficient (Wildman–Crippen LogP) is 0.498. The van der Waals surface area contributed by atoms with Crippen LogP contribution in [0.25, 0.3) is 0 Å². The summed E-state index contributed by atoms with van der Waals surface area (Å²) in [5.41, 5.74) is 5.90. The first-order valence-corrected chi connectivity index (χ1v) is 5.09. The van der Waals surface area contributed by atoms with Gasteiger partial charge < -0.3 is 11.1 Å². The van der Waals surface area contributed by atoms with Crippen LogP contribution < -0.4 is 11.1 Å². The van der Waals surface area contributed by atoms with E-state index in [9.17, 15) is 0 Å². The summed E-state index contributed by atoms with van der Waals surface area (Å²) >= 11 is 0. The molecule has 14 heavy (non-hydrogen) atoms. The molecular formula is C9H17N5. The van der Waals surface area contributed by atoms with Crippen LogP contribution in [-0.4, -0.2) is 27.1 Å². The highest BCUT2D eigenvalue weighted by atomic mass is 15.4. The number of aryl methyl sites for hydroxylation is 1. The normalized spacial score (nSPS) is 19.9. The minimum absolute atomic E-state index is 0.0788. The fourth-order valence-electron chi connectivity index (χ4n) is 2.11. The van der Waals surface area contributed by atoms with Crippen molar-refractivity contribution in [3.63, 3.8) is 0 Å². The Hall–Kier alpha value is -1.10. The molecule has 0 bridgehead atoms. The van der Waals surface area contributed by atoms with Crippen LogP contribution in [0.1, 0.15) is 25.7 Å². The third-order valence-corrected chi connectivity index (χ3v) is 3.06. The van der Waals surface area contributed by atoms with E-state index in [0.717, 1.165) is 18.7 Å². The van der Waals surface area contributed by atoms with Gasteiger partial charge in [0.1, 0.15) is 5.82 Å². The van der Waals surface area contributed by atoms with Crippen LogP contribution in [0.15, 0.2) is 6.20 Å². The lowest BCUT2D eigenvalue weighted by Crippen LogP contribution is -2.43. The standard InChI is InChI=1S/C9H17N5/c1-14-8(6-11-13-14)12-9(7-10)4-2-3-5-9/h6,12H,2-5,7,10H2,1H3. The van der Waals surface area contributed by atoms with Gasteiger partial charge in [0, 0.05) is 13.6 Å². The first-order valence-electron chi connectivity index (χ1n) is 5.09. The lowest BCUT2D eigenvalue weighted by atomic mass is 9.98. The topological polar surface area (TPSA) is 68.8 Å². The van der Waals surface area contributed by atoms with Crippen LogP contribution in [-0.2, 0) is 7.05 Å². The van der Waals surface area contributed by atoms with Crippen molar-refractivity contribution in [2.45, 2.75) is 31.2 Å². The molecule has 78 valence electrons. The van der Waals surface area contributed by atoms with Gasteiger partial charge in [0.25, 0.3) is 0 Å². The monoisotopic (exact) mass is 195 g/mol. The highest BCUT2D eigenvalue weighted by Gasteiger charge is 2.32. The molecule has 1 saturated carbocycles. The van der Waals surface area contributed by atoms with E-state index in [4.69, 9.17) is 5.73 Å². The molecule has 3 N–H and O–H groups in total. The first kappa shape index (κ1) is 9.45. The molecule has 1 aromatic rings. The summed E-state index contributed by atoms with van der Waals surface area (Å²) < 4.78 is 1.75. The quantitative estimate of drug-likeness (QED) is 0.737. The van der Waals surface area contributed by atoms with Crippen LogP contribution in [0, 0.1) is 0 Å². The predicted molar refractivity (Wildman–Crippen MR) is 54.9 cm³/mol. The molecule has 2 rings (SSSR count). The molecule has 0 saturated heterocycles. The summed E-state index contributed by atoms with van der Waals surface area (Å²) in [4.78, 5) is 0. The minimum Gasteiger partial charge on any atom is -0.362 e. The van der Waals surface area contributed by atoms with Crippen LogP contribution in [0.4, 0.5) is 5.82 Å². The Labute approximate surface area is 83.7 Å². The van der Waals surface area contributed by atoms with Gasteiger partial charge in [0.15, 0.2) is 0 Å². The molecule has 5 heteroatoms. The second kappa shape index (κ2) is 3.57. The van der Waals surface area contributed by atoms with Crippen molar-refractivity contribution in [2.75, 3.05) is 11.9 Å². The molecule has 0 amide bonds. The van der Waals surface area contributed by atoms with Crippen molar-refractivity contribution >= 4 is 5.82 Å². The fourth-order valence-corrected chi connectivity index (χ4v) is 2.11. The molecule has 1 aliphatic rings. The Morgan fingerprint density at radius 2 is 2.29 bits per heavy atom. The van der Waals surface area contributed by atoms with Gasteiger partial charge in [-0.05, 0) is 12.8 Å². The molecule has 0 aromatic carbocycles. The molecule has 1 heterocycles. The number of hydrogen-bond donors (Lipinski definition) is 2. The van der Waals surface area contributed by atoms with Crippen molar-refractivity contribution in [3.05, 3.63) is 6.20 Å². The van der Waals surface area contributed by atoms with Crippen molar-refractivity contribution in [1.82, 2.24) is 15.0 Å². The van der Waals surface area contributed by atoms with Gasteiger partial charge in [-0.2, -0.15) is 0 Å². The number of nitrogens with one attached hydrogen (secondary N) is 1. The Bertz CT molecular complexity index is 300. The Balaban J connectivity index is 2.12. The largest absolute Gasteiger partial charge is 0.362 e. The third-order valence-electron chi connectivity index (χ3n) is 3.06. The maximum absolute atomic E-state index is 5.82. The third kappa shape index (κ3) is 1.59. The lowest BCUT2D eigenvalue weighted by Gasteiger charge is -2.29. The molecule has 0 atom stereocenters. The summed E-state index contributed by atoms with van der Waals surface area (Å²) in [5.74, 6) is 0.956. The second-order valence-electron chi connectivity index (χ2n) is 4.06. The van der Waals surface area contributed by atoms with Crippen molar-refractivity contribution in [3.8, 4) is 0 Å². The summed E-state index contributed by atoms with van der Waals surface area (Å²) in [6.07, 6.45) is 6.56. The molecule has 1 aromatic heterocycles. The van der Waals surface area contributed by atoms with Crippen molar-refractivity contribution in [1.29, 1.82) is 0 Å². The van der Waals surface area contributed by atoms with Crippen molar-refractivity contribution in [2.24, 2.45) is 12.8 Å². The molecule has 0 radical (unpaired) electrons. The van der Waals surface area contributed by atoms with E-state index in [1.54, 1.807) is 10.9 Å². The lowest BCUT2D eigenvalue weighted by molar-refractivity contribution is 0.487. The van der Waals surface area contributed by atoms with E-state index in [2.05, 4.69) is 15.6 Å². The summed E-state index contributed by atoms with van der Waals surface area (Å²) in [7, 11) is 1.88. The van der Waals surface area contributed by atoms with Crippen LogP contribution in [0.3, 0.4) is 0 Å². The molecule has 0 aliphatic heterocycles. The molecule has 1 aliphatic carbocycles. The number of nitrogens with zero attached hydrogens (tertiary/aromatic N) is 3. The smallest absolute Gasteiger partial charge is 0.144 e. The second-order valence-corrected chi connectivity index (χ2v) is 4.06. The highest BCUT2D eigenvalue weighted by molar-refractivity contribution is 5.35. The van der Waals surface area contributed by atoms with E-state index < -0.39 is 0 Å². The van der Waals surface area contributed by atoms with E-state index in [-0.39, 0.29) is 5.54 Å². The van der Waals surface area contributed by atoms with E-state index in [0.29, 0.717) is 6.54 Å². The number of anilines is 1. The molecule has 5 nitrogen and oxygen atoms in total. The van der Waals surface area contributed by atoms with Gasteiger partial charge in [-0.1, -0.05) is 18.1 Å². The number of hydrogen-bond acceptors (Lipinski definition) is 4. The molecule has 1 fully saturated rings. The first-order chi connectivity index (χ1) is 6.76. The number of aromatic nitrogens is 3. The van der Waals surface area contributed by atoms with Gasteiger partial charge in [0.2, 0.25) is 0 Å². The van der Waals surface area contributed by atoms with E-state index in [1.807, 2.05) is 7.05 Å². The fraction of sp³-hybridized carbons (Fsp3) is 0.778. The SMILES string of the molecule is Cn1nncc1NC1(CN)CCCC1. The molecular weight excluding hydrogens is 178 g/mol. The van der Waals surface area contributed by atoms with Crippen LogP contribution in [0.2, 0.25) is 0 Å². The zero-order chi connectivity index (χ0) is 10.0. The van der Waals surface area contributed by atoms with Gasteiger partial charge in [-0.3, -0.25) is 0 Å². The van der Waals surface area contributed by atoms with Crippen molar-refractivity contribution < 1.29 is 0 Å². The van der Waals surface area contributed by atoms with Crippen LogP contribution >= 0.6 is 0 Å². The summed E-state index contributed by atoms with van der Waals surface area (Å²) in [6, 6.07) is 0. The van der Waals surface area contributed by atoms with Gasteiger partial charge >= 0.3 is 0 Å². The van der Waals surface area contributed by atoms with Crippen LogP contribution in [0.5, 0.6) is 0 Å². The summed E-state index contributed by atoms with van der Waals surface area (Å²) in [5, 5.41) is 11.2. The molecule has 0 spiro atoms. The Kier molecular flexibility index (Phi) is 2.41. The minimum atomic E-state index is 0.0788. The zero-order valence-electron chi connectivity index (χ0n) is 8.53. The maximum atomic E-state index is 5.82. The average molecular weight is 195 g/mol. The number of rotatable bonds is 3. The van der Waals surface area contributed by atoms with E-state index >= 15 is 0 Å². The summed E-state index contributed by atoms with van der Waals surface area (Å²) in [6.45, 7) is 0.679. The number of nitrogens with two attached hydrogens (primary N) is 1. The zero-order valence-corrected chi connectivity index (χ0v) is 8.53. The van der Waals surface area contributed by atoms with Gasteiger partial charge in [0.05, 0.1) is 11.7 Å². The Morgan fingerprint density at radius 1 is 1.57 bits per heavy atom. The highest BCUT2D eigenvalue weighted by Crippen LogP contribution is 2.31. The van der Waals surface area contributed by atoms with E-state index in [1.165, 1.54) is 12.8 Å². The average Bonchev–Trinajstić information content (AvgIpc) is 2.79.